The Morgan fingerprint density at radius 3 is 2.94 bits per heavy atom. The molecule has 90 valence electrons. The Balaban J connectivity index is 2.11. The van der Waals surface area contributed by atoms with Crippen LogP contribution >= 0.6 is 0 Å². The normalized spacial score (nSPS) is 10.9. The van der Waals surface area contributed by atoms with E-state index >= 15 is 0 Å². The molecule has 0 spiro atoms. The second kappa shape index (κ2) is 4.14. The van der Waals surface area contributed by atoms with E-state index < -0.39 is 0 Å². The Kier molecular flexibility index (Phi) is 2.48. The summed E-state index contributed by atoms with van der Waals surface area (Å²) in [5.74, 6) is 0.541. The third kappa shape index (κ3) is 1.82. The number of nitrogens with two attached hydrogens (primary N) is 1. The van der Waals surface area contributed by atoms with Crippen LogP contribution in [-0.4, -0.2) is 14.5 Å². The molecule has 2 heterocycles. The van der Waals surface area contributed by atoms with Crippen LogP contribution in [0, 0.1) is 6.92 Å². The van der Waals surface area contributed by atoms with Crippen LogP contribution in [0.2, 0.25) is 0 Å². The molecule has 4 heteroatoms. The van der Waals surface area contributed by atoms with E-state index in [1.807, 2.05) is 35.0 Å². The summed E-state index contributed by atoms with van der Waals surface area (Å²) >= 11 is 0. The number of pyridine rings is 1. The van der Waals surface area contributed by atoms with Crippen molar-refractivity contribution in [1.82, 2.24) is 14.5 Å². The average molecular weight is 238 g/mol. The van der Waals surface area contributed by atoms with Crippen LogP contribution in [0.5, 0.6) is 0 Å². The van der Waals surface area contributed by atoms with Crippen molar-refractivity contribution in [2.24, 2.45) is 0 Å². The van der Waals surface area contributed by atoms with Crippen molar-refractivity contribution in [1.29, 1.82) is 0 Å². The van der Waals surface area contributed by atoms with E-state index in [9.17, 15) is 0 Å². The summed E-state index contributed by atoms with van der Waals surface area (Å²) in [6, 6.07) is 10.1. The Hall–Kier alpha value is -2.36. The molecule has 2 N–H and O–H groups in total. The lowest BCUT2D eigenvalue weighted by atomic mass is 10.2. The van der Waals surface area contributed by atoms with E-state index in [0.29, 0.717) is 12.5 Å². The zero-order valence-electron chi connectivity index (χ0n) is 10.2. The summed E-state index contributed by atoms with van der Waals surface area (Å²) in [5, 5.41) is 0. The predicted octanol–water partition coefficient (Wildman–Crippen LogP) is 2.37. The van der Waals surface area contributed by atoms with Crippen LogP contribution < -0.4 is 5.73 Å². The molecule has 3 rings (SSSR count). The fraction of sp³-hybridized carbons (Fsp3) is 0.143. The maximum absolute atomic E-state index is 5.98. The highest BCUT2D eigenvalue weighted by molar-refractivity contribution is 5.79. The van der Waals surface area contributed by atoms with E-state index in [0.717, 1.165) is 16.6 Å². The summed E-state index contributed by atoms with van der Waals surface area (Å²) in [6.45, 7) is 2.76. The number of fused-ring (bicyclic) bond motifs is 1. The lowest BCUT2D eigenvalue weighted by Crippen LogP contribution is -2.04. The molecule has 0 radical (unpaired) electrons. The van der Waals surface area contributed by atoms with Gasteiger partial charge in [0.15, 0.2) is 0 Å². The smallest absolute Gasteiger partial charge is 0.201 e. The van der Waals surface area contributed by atoms with Gasteiger partial charge in [-0.3, -0.25) is 4.98 Å². The van der Waals surface area contributed by atoms with Gasteiger partial charge in [-0.05, 0) is 36.2 Å². The molecule has 0 aliphatic carbocycles. The van der Waals surface area contributed by atoms with Gasteiger partial charge in [0.25, 0.3) is 0 Å². The van der Waals surface area contributed by atoms with Gasteiger partial charge in [-0.15, -0.1) is 0 Å². The van der Waals surface area contributed by atoms with Gasteiger partial charge in [-0.2, -0.15) is 0 Å². The number of hydrogen-bond donors (Lipinski definition) is 1. The largest absolute Gasteiger partial charge is 0.369 e. The van der Waals surface area contributed by atoms with Crippen molar-refractivity contribution in [3.63, 3.8) is 0 Å². The summed E-state index contributed by atoms with van der Waals surface area (Å²) in [5.41, 5.74) is 10.3. The van der Waals surface area contributed by atoms with Gasteiger partial charge in [0, 0.05) is 12.4 Å². The molecule has 18 heavy (non-hydrogen) atoms. The van der Waals surface area contributed by atoms with Crippen LogP contribution in [0.25, 0.3) is 11.0 Å². The number of imidazole rings is 1. The van der Waals surface area contributed by atoms with Crippen LogP contribution in [0.3, 0.4) is 0 Å². The summed E-state index contributed by atoms with van der Waals surface area (Å²) in [7, 11) is 0. The van der Waals surface area contributed by atoms with Gasteiger partial charge in [0.1, 0.15) is 0 Å². The van der Waals surface area contributed by atoms with Gasteiger partial charge in [-0.25, -0.2) is 4.98 Å². The van der Waals surface area contributed by atoms with Crippen molar-refractivity contribution in [2.45, 2.75) is 13.5 Å². The molecule has 3 aromatic rings. The number of benzene rings is 1. The van der Waals surface area contributed by atoms with Crippen molar-refractivity contribution < 1.29 is 0 Å². The third-order valence-electron chi connectivity index (χ3n) is 3.00. The third-order valence-corrected chi connectivity index (χ3v) is 3.00. The lowest BCUT2D eigenvalue weighted by Gasteiger charge is -2.06. The monoisotopic (exact) mass is 238 g/mol. The molecule has 0 amide bonds. The number of nitrogen functional groups attached to an aromatic ring is 1. The zero-order valence-corrected chi connectivity index (χ0v) is 10.2. The van der Waals surface area contributed by atoms with E-state index in [1.165, 1.54) is 5.56 Å². The maximum atomic E-state index is 5.98. The quantitative estimate of drug-likeness (QED) is 0.745. The Bertz CT molecular complexity index is 686. The standard InChI is InChI=1S/C14H14N4/c1-10-4-5-12-13(7-10)18(14(15)17-12)9-11-3-2-6-16-8-11/h2-8H,9H2,1H3,(H2,15,17). The minimum absolute atomic E-state index is 0.541. The summed E-state index contributed by atoms with van der Waals surface area (Å²) < 4.78 is 2.01. The van der Waals surface area contributed by atoms with Crippen LogP contribution in [0.15, 0.2) is 42.7 Å². The first-order chi connectivity index (χ1) is 8.74. The first kappa shape index (κ1) is 10.8. The van der Waals surface area contributed by atoms with Crippen molar-refractivity contribution in [3.8, 4) is 0 Å². The molecular formula is C14H14N4. The van der Waals surface area contributed by atoms with Crippen LogP contribution in [0.1, 0.15) is 11.1 Å². The molecule has 0 unspecified atom stereocenters. The Morgan fingerprint density at radius 2 is 2.17 bits per heavy atom. The highest BCUT2D eigenvalue weighted by Gasteiger charge is 2.08. The fourth-order valence-electron chi connectivity index (χ4n) is 2.09. The van der Waals surface area contributed by atoms with Crippen LogP contribution in [0.4, 0.5) is 5.95 Å². The van der Waals surface area contributed by atoms with E-state index in [-0.39, 0.29) is 0 Å². The number of aryl methyl sites for hydroxylation is 1. The fourth-order valence-corrected chi connectivity index (χ4v) is 2.09. The number of anilines is 1. The molecule has 0 aliphatic heterocycles. The molecule has 0 bridgehead atoms. The highest BCUT2D eigenvalue weighted by atomic mass is 15.1. The molecule has 0 saturated heterocycles. The van der Waals surface area contributed by atoms with Crippen molar-refractivity contribution in [2.75, 3.05) is 5.73 Å². The SMILES string of the molecule is Cc1ccc2nc(N)n(Cc3cccnc3)c2c1. The molecule has 4 nitrogen and oxygen atoms in total. The van der Waals surface area contributed by atoms with Gasteiger partial charge < -0.3 is 10.3 Å². The molecule has 0 aliphatic rings. The van der Waals surface area contributed by atoms with E-state index in [4.69, 9.17) is 5.73 Å². The summed E-state index contributed by atoms with van der Waals surface area (Å²) in [4.78, 5) is 8.49. The number of aromatic nitrogens is 3. The van der Waals surface area contributed by atoms with Crippen LogP contribution in [-0.2, 0) is 6.54 Å². The predicted molar refractivity (Wildman–Crippen MR) is 72.2 cm³/mol. The number of rotatable bonds is 2. The Labute approximate surface area is 105 Å². The highest BCUT2D eigenvalue weighted by Crippen LogP contribution is 2.20. The molecule has 2 aromatic heterocycles. The van der Waals surface area contributed by atoms with Crippen molar-refractivity contribution >= 4 is 17.0 Å². The van der Waals surface area contributed by atoms with Gasteiger partial charge in [0.05, 0.1) is 17.6 Å². The number of nitrogens with zero attached hydrogens (tertiary/aromatic N) is 3. The minimum Gasteiger partial charge on any atom is -0.369 e. The first-order valence-corrected chi connectivity index (χ1v) is 5.85. The topological polar surface area (TPSA) is 56.7 Å². The zero-order chi connectivity index (χ0) is 12.5. The molecular weight excluding hydrogens is 224 g/mol. The maximum Gasteiger partial charge on any atom is 0.201 e. The molecule has 0 fully saturated rings. The average Bonchev–Trinajstić information content (AvgIpc) is 2.67. The number of hydrogen-bond acceptors (Lipinski definition) is 3. The molecule has 1 aromatic carbocycles. The van der Waals surface area contributed by atoms with Gasteiger partial charge in [0.2, 0.25) is 5.95 Å². The summed E-state index contributed by atoms with van der Waals surface area (Å²) in [6.07, 6.45) is 3.62. The second-order valence-corrected chi connectivity index (χ2v) is 4.41. The second-order valence-electron chi connectivity index (χ2n) is 4.41. The first-order valence-electron chi connectivity index (χ1n) is 5.85. The molecule has 0 saturated carbocycles. The van der Waals surface area contributed by atoms with Crippen molar-refractivity contribution in [3.05, 3.63) is 53.9 Å². The van der Waals surface area contributed by atoms with E-state index in [1.54, 1.807) is 6.20 Å². The van der Waals surface area contributed by atoms with Gasteiger partial charge in [-0.1, -0.05) is 12.1 Å². The minimum atomic E-state index is 0.541. The van der Waals surface area contributed by atoms with E-state index in [2.05, 4.69) is 23.0 Å². The lowest BCUT2D eigenvalue weighted by molar-refractivity contribution is 0.833. The Morgan fingerprint density at radius 1 is 1.28 bits per heavy atom. The van der Waals surface area contributed by atoms with Gasteiger partial charge >= 0.3 is 0 Å². The molecule has 0 atom stereocenters.